The molecular formula is C14H10ClNO3S. The predicted octanol–water partition coefficient (Wildman–Crippen LogP) is 3.41. The summed E-state index contributed by atoms with van der Waals surface area (Å²) >= 11 is 5.99. The van der Waals surface area contributed by atoms with Crippen LogP contribution in [-0.2, 0) is 9.84 Å². The molecule has 0 amide bonds. The van der Waals surface area contributed by atoms with Crippen molar-refractivity contribution in [2.24, 2.45) is 0 Å². The smallest absolute Gasteiger partial charge is 0.175 e. The zero-order valence-electron chi connectivity index (χ0n) is 10.5. The molecule has 0 unspecified atom stereocenters. The average Bonchev–Trinajstić information content (AvgIpc) is 2.40. The van der Waals surface area contributed by atoms with E-state index in [-0.39, 0.29) is 9.92 Å². The topological polar surface area (TPSA) is 67.2 Å². The van der Waals surface area contributed by atoms with Crippen LogP contribution in [0.2, 0.25) is 5.02 Å². The first-order valence-electron chi connectivity index (χ1n) is 5.58. The van der Waals surface area contributed by atoms with E-state index in [4.69, 9.17) is 21.6 Å². The van der Waals surface area contributed by atoms with Gasteiger partial charge < -0.3 is 4.74 Å². The predicted molar refractivity (Wildman–Crippen MR) is 75.8 cm³/mol. The molecule has 0 bridgehead atoms. The SMILES string of the molecule is CS(=O)(=O)c1cccc(Oc2ccc(C#N)cc2Cl)c1. The van der Waals surface area contributed by atoms with E-state index in [1.54, 1.807) is 24.3 Å². The molecule has 0 spiro atoms. The Morgan fingerprint density at radius 2 is 1.95 bits per heavy atom. The normalized spacial score (nSPS) is 10.8. The highest BCUT2D eigenvalue weighted by Gasteiger charge is 2.09. The van der Waals surface area contributed by atoms with Crippen molar-refractivity contribution >= 4 is 21.4 Å². The van der Waals surface area contributed by atoms with Crippen LogP contribution < -0.4 is 4.74 Å². The summed E-state index contributed by atoms with van der Waals surface area (Å²) in [6.45, 7) is 0. The highest BCUT2D eigenvalue weighted by molar-refractivity contribution is 7.90. The minimum atomic E-state index is -3.29. The van der Waals surface area contributed by atoms with Gasteiger partial charge in [0.15, 0.2) is 9.84 Å². The second-order valence-corrected chi connectivity index (χ2v) is 6.53. The van der Waals surface area contributed by atoms with Gasteiger partial charge in [0.25, 0.3) is 0 Å². The quantitative estimate of drug-likeness (QED) is 0.871. The first-order valence-corrected chi connectivity index (χ1v) is 7.85. The Bertz CT molecular complexity index is 794. The number of halogens is 1. The third kappa shape index (κ3) is 3.29. The summed E-state index contributed by atoms with van der Waals surface area (Å²) in [7, 11) is -3.29. The van der Waals surface area contributed by atoms with Gasteiger partial charge in [-0.2, -0.15) is 5.26 Å². The van der Waals surface area contributed by atoms with Gasteiger partial charge in [-0.1, -0.05) is 17.7 Å². The summed E-state index contributed by atoms with van der Waals surface area (Å²) in [6, 6.07) is 12.7. The Balaban J connectivity index is 2.34. The Morgan fingerprint density at radius 3 is 2.55 bits per heavy atom. The van der Waals surface area contributed by atoms with Gasteiger partial charge in [-0.25, -0.2) is 8.42 Å². The first kappa shape index (κ1) is 14.4. The molecule has 0 saturated heterocycles. The van der Waals surface area contributed by atoms with Crippen LogP contribution >= 0.6 is 11.6 Å². The summed E-state index contributed by atoms with van der Waals surface area (Å²) in [6.07, 6.45) is 1.13. The van der Waals surface area contributed by atoms with E-state index in [2.05, 4.69) is 0 Å². The van der Waals surface area contributed by atoms with Gasteiger partial charge in [-0.15, -0.1) is 0 Å². The van der Waals surface area contributed by atoms with E-state index < -0.39 is 9.84 Å². The van der Waals surface area contributed by atoms with Crippen LogP contribution in [0.3, 0.4) is 0 Å². The van der Waals surface area contributed by atoms with E-state index >= 15 is 0 Å². The lowest BCUT2D eigenvalue weighted by atomic mass is 10.2. The van der Waals surface area contributed by atoms with Gasteiger partial charge in [0.05, 0.1) is 21.6 Å². The molecule has 0 heterocycles. The molecule has 0 aliphatic rings. The number of nitrogens with zero attached hydrogens (tertiary/aromatic N) is 1. The average molecular weight is 308 g/mol. The second-order valence-electron chi connectivity index (χ2n) is 4.11. The highest BCUT2D eigenvalue weighted by atomic mass is 35.5. The van der Waals surface area contributed by atoms with E-state index in [1.165, 1.54) is 18.2 Å². The maximum Gasteiger partial charge on any atom is 0.175 e. The van der Waals surface area contributed by atoms with E-state index in [0.717, 1.165) is 6.26 Å². The third-order valence-electron chi connectivity index (χ3n) is 2.52. The van der Waals surface area contributed by atoms with Gasteiger partial charge >= 0.3 is 0 Å². The molecule has 102 valence electrons. The van der Waals surface area contributed by atoms with Crippen molar-refractivity contribution in [3.8, 4) is 17.6 Å². The Labute approximate surface area is 122 Å². The second kappa shape index (κ2) is 5.53. The van der Waals surface area contributed by atoms with Crippen molar-refractivity contribution in [1.82, 2.24) is 0 Å². The molecule has 0 atom stereocenters. The van der Waals surface area contributed by atoms with Crippen LogP contribution in [0, 0.1) is 11.3 Å². The lowest BCUT2D eigenvalue weighted by molar-refractivity contribution is 0.481. The number of nitriles is 1. The fourth-order valence-electron chi connectivity index (χ4n) is 1.55. The van der Waals surface area contributed by atoms with Crippen molar-refractivity contribution in [3.05, 3.63) is 53.1 Å². The molecule has 20 heavy (non-hydrogen) atoms. The van der Waals surface area contributed by atoms with E-state index in [9.17, 15) is 8.42 Å². The molecule has 0 aliphatic heterocycles. The molecule has 6 heteroatoms. The molecule has 2 aromatic carbocycles. The third-order valence-corrected chi connectivity index (χ3v) is 3.93. The standard InChI is InChI=1S/C14H10ClNO3S/c1-20(17,18)12-4-2-3-11(8-12)19-14-6-5-10(9-16)7-13(14)15/h2-8H,1H3. The molecule has 0 radical (unpaired) electrons. The highest BCUT2D eigenvalue weighted by Crippen LogP contribution is 2.30. The summed E-state index contributed by atoms with van der Waals surface area (Å²) < 4.78 is 28.5. The maximum absolute atomic E-state index is 11.5. The summed E-state index contributed by atoms with van der Waals surface area (Å²) in [5.74, 6) is 0.718. The molecule has 0 N–H and O–H groups in total. The van der Waals surface area contributed by atoms with Crippen LogP contribution in [0.25, 0.3) is 0 Å². The number of rotatable bonds is 3. The molecule has 0 fully saturated rings. The fourth-order valence-corrected chi connectivity index (χ4v) is 2.42. The fraction of sp³-hybridized carbons (Fsp3) is 0.0714. The lowest BCUT2D eigenvalue weighted by Crippen LogP contribution is -1.97. The minimum Gasteiger partial charge on any atom is -0.456 e. The Kier molecular flexibility index (Phi) is 3.98. The van der Waals surface area contributed by atoms with Crippen molar-refractivity contribution < 1.29 is 13.2 Å². The molecule has 0 aliphatic carbocycles. The number of benzene rings is 2. The number of ether oxygens (including phenoxy) is 1. The largest absolute Gasteiger partial charge is 0.456 e. The number of hydrogen-bond acceptors (Lipinski definition) is 4. The number of hydrogen-bond donors (Lipinski definition) is 0. The van der Waals surface area contributed by atoms with Crippen molar-refractivity contribution in [2.75, 3.05) is 6.26 Å². The van der Waals surface area contributed by atoms with Crippen molar-refractivity contribution in [3.63, 3.8) is 0 Å². The van der Waals surface area contributed by atoms with Gasteiger partial charge in [0.2, 0.25) is 0 Å². The van der Waals surface area contributed by atoms with E-state index in [1.807, 2.05) is 6.07 Å². The first-order chi connectivity index (χ1) is 9.40. The molecule has 0 aromatic heterocycles. The molecule has 2 rings (SSSR count). The van der Waals surface area contributed by atoms with Crippen molar-refractivity contribution in [2.45, 2.75) is 4.90 Å². The van der Waals surface area contributed by atoms with Gasteiger partial charge in [-0.3, -0.25) is 0 Å². The molecule has 2 aromatic rings. The van der Waals surface area contributed by atoms with Gasteiger partial charge in [-0.05, 0) is 36.4 Å². The van der Waals surface area contributed by atoms with Crippen LogP contribution in [0.5, 0.6) is 11.5 Å². The number of sulfone groups is 1. The van der Waals surface area contributed by atoms with Gasteiger partial charge in [0, 0.05) is 6.26 Å². The molecule has 4 nitrogen and oxygen atoms in total. The van der Waals surface area contributed by atoms with E-state index in [0.29, 0.717) is 17.1 Å². The maximum atomic E-state index is 11.5. The monoisotopic (exact) mass is 307 g/mol. The van der Waals surface area contributed by atoms with Crippen molar-refractivity contribution in [1.29, 1.82) is 5.26 Å². The summed E-state index contributed by atoms with van der Waals surface area (Å²) in [4.78, 5) is 0.166. The zero-order valence-corrected chi connectivity index (χ0v) is 12.1. The van der Waals surface area contributed by atoms with Crippen LogP contribution in [0.15, 0.2) is 47.4 Å². The Hall–Kier alpha value is -2.03. The molecular weight excluding hydrogens is 298 g/mol. The van der Waals surface area contributed by atoms with Crippen LogP contribution in [0.4, 0.5) is 0 Å². The Morgan fingerprint density at radius 1 is 1.20 bits per heavy atom. The zero-order chi connectivity index (χ0) is 14.8. The molecule has 0 saturated carbocycles. The van der Waals surface area contributed by atoms with Crippen LogP contribution in [0.1, 0.15) is 5.56 Å². The summed E-state index contributed by atoms with van der Waals surface area (Å²) in [5.41, 5.74) is 0.423. The summed E-state index contributed by atoms with van der Waals surface area (Å²) in [5, 5.41) is 9.04. The van der Waals surface area contributed by atoms with Gasteiger partial charge in [0.1, 0.15) is 11.5 Å². The van der Waals surface area contributed by atoms with Crippen LogP contribution in [-0.4, -0.2) is 14.7 Å². The lowest BCUT2D eigenvalue weighted by Gasteiger charge is -2.08. The minimum absolute atomic E-state index is 0.166.